The standard InChI is InChI=1S/C7H8N4S2/c8-6-9-5(10-7(12)11-6)4-2-1-3-13-4/h1-3,5H,(H4,8,9,10,11,12)/t5-/m1/s1. The average molecular weight is 212 g/mol. The zero-order valence-electron chi connectivity index (χ0n) is 6.65. The fourth-order valence-corrected chi connectivity index (χ4v) is 1.99. The molecule has 0 radical (unpaired) electrons. The molecule has 1 aromatic rings. The molecule has 0 aliphatic carbocycles. The second kappa shape index (κ2) is 3.31. The van der Waals surface area contributed by atoms with Crippen molar-refractivity contribution in [3.8, 4) is 0 Å². The van der Waals surface area contributed by atoms with Gasteiger partial charge in [-0.05, 0) is 23.7 Å². The van der Waals surface area contributed by atoms with E-state index < -0.39 is 0 Å². The number of nitrogens with one attached hydrogen (secondary N) is 2. The number of aliphatic imine (C=N–C) groups is 1. The lowest BCUT2D eigenvalue weighted by Crippen LogP contribution is -2.49. The molecule has 1 aliphatic heterocycles. The van der Waals surface area contributed by atoms with Crippen molar-refractivity contribution >= 4 is 34.6 Å². The molecule has 0 spiro atoms. The maximum absolute atomic E-state index is 5.54. The molecule has 1 atom stereocenters. The Morgan fingerprint density at radius 3 is 3.08 bits per heavy atom. The first-order chi connectivity index (χ1) is 6.25. The van der Waals surface area contributed by atoms with Crippen LogP contribution in [0.25, 0.3) is 0 Å². The van der Waals surface area contributed by atoms with Crippen LogP contribution in [0, 0.1) is 0 Å². The van der Waals surface area contributed by atoms with E-state index >= 15 is 0 Å². The minimum atomic E-state index is -0.131. The maximum atomic E-state index is 5.54. The zero-order valence-corrected chi connectivity index (χ0v) is 8.28. The minimum absolute atomic E-state index is 0.131. The van der Waals surface area contributed by atoms with Gasteiger partial charge in [-0.2, -0.15) is 0 Å². The highest BCUT2D eigenvalue weighted by Crippen LogP contribution is 2.20. The van der Waals surface area contributed by atoms with E-state index in [4.69, 9.17) is 18.0 Å². The highest BCUT2D eigenvalue weighted by molar-refractivity contribution is 7.80. The van der Waals surface area contributed by atoms with Gasteiger partial charge in [0.25, 0.3) is 0 Å². The first-order valence-corrected chi connectivity index (χ1v) is 4.99. The van der Waals surface area contributed by atoms with Crippen molar-refractivity contribution in [3.05, 3.63) is 22.4 Å². The van der Waals surface area contributed by atoms with Crippen molar-refractivity contribution in [2.75, 3.05) is 0 Å². The molecule has 1 aliphatic rings. The molecule has 13 heavy (non-hydrogen) atoms. The number of thiocarbonyl (C=S) groups is 1. The summed E-state index contributed by atoms with van der Waals surface area (Å²) >= 11 is 6.58. The molecule has 2 rings (SSSR count). The lowest BCUT2D eigenvalue weighted by Gasteiger charge is -2.21. The fourth-order valence-electron chi connectivity index (χ4n) is 1.06. The summed E-state index contributed by atoms with van der Waals surface area (Å²) in [6.07, 6.45) is -0.131. The van der Waals surface area contributed by atoms with Crippen LogP contribution in [0.5, 0.6) is 0 Å². The van der Waals surface area contributed by atoms with Gasteiger partial charge in [0, 0.05) is 4.88 Å². The summed E-state index contributed by atoms with van der Waals surface area (Å²) in [4.78, 5) is 5.27. The smallest absolute Gasteiger partial charge is 0.197 e. The van der Waals surface area contributed by atoms with Crippen molar-refractivity contribution in [1.82, 2.24) is 10.6 Å². The molecule has 0 unspecified atom stereocenters. The van der Waals surface area contributed by atoms with Crippen molar-refractivity contribution in [3.63, 3.8) is 0 Å². The highest BCUT2D eigenvalue weighted by atomic mass is 32.1. The van der Waals surface area contributed by atoms with E-state index in [9.17, 15) is 0 Å². The van der Waals surface area contributed by atoms with Gasteiger partial charge in [-0.1, -0.05) is 6.07 Å². The van der Waals surface area contributed by atoms with E-state index in [-0.39, 0.29) is 6.17 Å². The third-order valence-electron chi connectivity index (χ3n) is 1.59. The molecule has 0 aromatic carbocycles. The normalized spacial score (nSPS) is 21.7. The Bertz CT molecular complexity index is 343. The quantitative estimate of drug-likeness (QED) is 0.595. The van der Waals surface area contributed by atoms with Gasteiger partial charge in [0.05, 0.1) is 0 Å². The lowest BCUT2D eigenvalue weighted by atomic mass is 10.4. The van der Waals surface area contributed by atoms with Crippen LogP contribution in [0.3, 0.4) is 0 Å². The Labute approximate surface area is 84.9 Å². The Balaban J connectivity index is 2.25. The largest absolute Gasteiger partial charge is 0.370 e. The van der Waals surface area contributed by atoms with Gasteiger partial charge in [0.15, 0.2) is 17.2 Å². The summed E-state index contributed by atoms with van der Waals surface area (Å²) in [5.41, 5.74) is 5.54. The number of hydrogen-bond acceptors (Lipinski definition) is 4. The Hall–Kier alpha value is -1.14. The zero-order chi connectivity index (χ0) is 9.26. The van der Waals surface area contributed by atoms with E-state index in [1.165, 1.54) is 0 Å². The Morgan fingerprint density at radius 1 is 1.62 bits per heavy atom. The van der Waals surface area contributed by atoms with Gasteiger partial charge < -0.3 is 16.4 Å². The van der Waals surface area contributed by atoms with Crippen LogP contribution in [0.2, 0.25) is 0 Å². The molecule has 1 aromatic heterocycles. The monoisotopic (exact) mass is 212 g/mol. The van der Waals surface area contributed by atoms with Gasteiger partial charge in [-0.3, -0.25) is 0 Å². The van der Waals surface area contributed by atoms with Crippen molar-refractivity contribution in [2.24, 2.45) is 10.7 Å². The Morgan fingerprint density at radius 2 is 2.46 bits per heavy atom. The second-order valence-corrected chi connectivity index (χ2v) is 3.92. The van der Waals surface area contributed by atoms with Gasteiger partial charge >= 0.3 is 0 Å². The predicted molar refractivity (Wildman–Crippen MR) is 57.6 cm³/mol. The third-order valence-corrected chi connectivity index (χ3v) is 2.73. The van der Waals surface area contributed by atoms with E-state index in [1.54, 1.807) is 11.3 Å². The number of rotatable bonds is 1. The minimum Gasteiger partial charge on any atom is -0.370 e. The molecular formula is C7H8N4S2. The topological polar surface area (TPSA) is 62.4 Å². The maximum Gasteiger partial charge on any atom is 0.197 e. The van der Waals surface area contributed by atoms with Gasteiger partial charge in [-0.15, -0.1) is 11.3 Å². The van der Waals surface area contributed by atoms with Crippen LogP contribution in [0.4, 0.5) is 0 Å². The molecule has 2 heterocycles. The highest BCUT2D eigenvalue weighted by Gasteiger charge is 2.17. The molecule has 0 amide bonds. The molecule has 4 nitrogen and oxygen atoms in total. The summed E-state index contributed by atoms with van der Waals surface area (Å²) in [6, 6.07) is 3.96. The summed E-state index contributed by atoms with van der Waals surface area (Å²) < 4.78 is 0. The van der Waals surface area contributed by atoms with E-state index in [2.05, 4.69) is 15.6 Å². The van der Waals surface area contributed by atoms with Crippen LogP contribution in [-0.4, -0.2) is 11.1 Å². The summed E-state index contributed by atoms with van der Waals surface area (Å²) in [6.45, 7) is 0. The number of guanidine groups is 1. The molecule has 0 bridgehead atoms. The van der Waals surface area contributed by atoms with Gasteiger partial charge in [0.2, 0.25) is 0 Å². The number of hydrogen-bond donors (Lipinski definition) is 3. The average Bonchev–Trinajstić information content (AvgIpc) is 2.53. The molecule has 0 saturated carbocycles. The Kier molecular flexibility index (Phi) is 2.15. The van der Waals surface area contributed by atoms with Crippen LogP contribution < -0.4 is 16.4 Å². The van der Waals surface area contributed by atoms with Gasteiger partial charge in [-0.25, -0.2) is 4.99 Å². The number of nitrogens with zero attached hydrogens (tertiary/aromatic N) is 1. The summed E-state index contributed by atoms with van der Waals surface area (Å²) in [7, 11) is 0. The summed E-state index contributed by atoms with van der Waals surface area (Å²) in [5.74, 6) is 0.363. The third kappa shape index (κ3) is 1.78. The first kappa shape index (κ1) is 8.46. The summed E-state index contributed by atoms with van der Waals surface area (Å²) in [5, 5.41) is 8.25. The van der Waals surface area contributed by atoms with Crippen LogP contribution in [-0.2, 0) is 0 Å². The van der Waals surface area contributed by atoms with Crippen molar-refractivity contribution in [1.29, 1.82) is 0 Å². The predicted octanol–water partition coefficient (Wildman–Crippen LogP) is 0.539. The second-order valence-electron chi connectivity index (χ2n) is 2.53. The van der Waals surface area contributed by atoms with Crippen molar-refractivity contribution < 1.29 is 0 Å². The molecule has 6 heteroatoms. The van der Waals surface area contributed by atoms with Crippen LogP contribution >= 0.6 is 23.6 Å². The SMILES string of the molecule is NC1=N[C@@H](c2cccs2)NC(=S)N1. The lowest BCUT2D eigenvalue weighted by molar-refractivity contribution is 0.672. The molecule has 0 saturated heterocycles. The number of thiophene rings is 1. The molecule has 4 N–H and O–H groups in total. The van der Waals surface area contributed by atoms with E-state index in [0.717, 1.165) is 4.88 Å². The van der Waals surface area contributed by atoms with Crippen molar-refractivity contribution in [2.45, 2.75) is 6.17 Å². The number of nitrogens with two attached hydrogens (primary N) is 1. The van der Waals surface area contributed by atoms with Crippen LogP contribution in [0.15, 0.2) is 22.5 Å². The van der Waals surface area contributed by atoms with Crippen LogP contribution in [0.1, 0.15) is 11.0 Å². The first-order valence-electron chi connectivity index (χ1n) is 3.70. The molecule has 68 valence electrons. The molecular weight excluding hydrogens is 204 g/mol. The fraction of sp³-hybridized carbons (Fsp3) is 0.143. The van der Waals surface area contributed by atoms with Gasteiger partial charge in [0.1, 0.15) is 0 Å². The molecule has 0 fully saturated rings. The van der Waals surface area contributed by atoms with E-state index in [0.29, 0.717) is 11.1 Å². The van der Waals surface area contributed by atoms with E-state index in [1.807, 2.05) is 17.5 Å².